The Morgan fingerprint density at radius 1 is 1.47 bits per heavy atom. The molecule has 86 valence electrons. The molecule has 2 rings (SSSR count). The van der Waals surface area contributed by atoms with Crippen molar-refractivity contribution in [2.24, 2.45) is 23.5 Å². The van der Waals surface area contributed by atoms with Gasteiger partial charge in [-0.3, -0.25) is 4.79 Å². The van der Waals surface area contributed by atoms with E-state index in [-0.39, 0.29) is 11.9 Å². The zero-order valence-corrected chi connectivity index (χ0v) is 9.54. The van der Waals surface area contributed by atoms with Crippen LogP contribution in [0.2, 0.25) is 0 Å². The van der Waals surface area contributed by atoms with Crippen LogP contribution in [-0.4, -0.2) is 18.5 Å². The van der Waals surface area contributed by atoms with E-state index in [0.29, 0.717) is 18.4 Å². The monoisotopic (exact) mass is 210 g/mol. The van der Waals surface area contributed by atoms with Gasteiger partial charge in [-0.05, 0) is 37.5 Å². The number of nitrogens with one attached hydrogen (secondary N) is 1. The smallest absolute Gasteiger partial charge is 0.223 e. The van der Waals surface area contributed by atoms with Gasteiger partial charge >= 0.3 is 0 Å². The molecule has 0 spiro atoms. The summed E-state index contributed by atoms with van der Waals surface area (Å²) >= 11 is 0. The molecule has 1 amide bonds. The Balaban J connectivity index is 1.77. The fraction of sp³-hybridized carbons (Fsp3) is 0.917. The molecule has 3 N–H and O–H groups in total. The highest BCUT2D eigenvalue weighted by atomic mass is 16.1. The van der Waals surface area contributed by atoms with Crippen LogP contribution in [0.25, 0.3) is 0 Å². The van der Waals surface area contributed by atoms with Gasteiger partial charge < -0.3 is 11.1 Å². The van der Waals surface area contributed by atoms with Gasteiger partial charge in [-0.25, -0.2) is 0 Å². The first kappa shape index (κ1) is 10.9. The van der Waals surface area contributed by atoms with E-state index >= 15 is 0 Å². The predicted molar refractivity (Wildman–Crippen MR) is 60.2 cm³/mol. The highest BCUT2D eigenvalue weighted by Crippen LogP contribution is 2.48. The maximum Gasteiger partial charge on any atom is 0.223 e. The van der Waals surface area contributed by atoms with E-state index in [4.69, 9.17) is 5.73 Å². The molecule has 2 aliphatic carbocycles. The number of amides is 1. The van der Waals surface area contributed by atoms with Crippen molar-refractivity contribution in [2.45, 2.75) is 45.1 Å². The lowest BCUT2D eigenvalue weighted by molar-refractivity contribution is -0.126. The molecule has 4 unspecified atom stereocenters. The summed E-state index contributed by atoms with van der Waals surface area (Å²) in [4.78, 5) is 11.9. The van der Waals surface area contributed by atoms with Crippen LogP contribution in [0.15, 0.2) is 0 Å². The molecule has 3 heteroatoms. The molecule has 2 saturated carbocycles. The van der Waals surface area contributed by atoms with E-state index in [1.807, 2.05) is 6.92 Å². The fourth-order valence-electron chi connectivity index (χ4n) is 3.07. The molecule has 2 fully saturated rings. The summed E-state index contributed by atoms with van der Waals surface area (Å²) in [5.74, 6) is 2.07. The third-order valence-corrected chi connectivity index (χ3v) is 4.14. The highest BCUT2D eigenvalue weighted by molar-refractivity contribution is 5.79. The molecule has 0 heterocycles. The lowest BCUT2D eigenvalue weighted by atomic mass is 9.88. The van der Waals surface area contributed by atoms with Crippen LogP contribution in [0.4, 0.5) is 0 Å². The quantitative estimate of drug-likeness (QED) is 0.734. The van der Waals surface area contributed by atoms with Crippen molar-refractivity contribution >= 4 is 5.91 Å². The normalized spacial score (nSPS) is 35.5. The molecule has 0 aromatic heterocycles. The average Bonchev–Trinajstić information content (AvgIpc) is 2.86. The summed E-state index contributed by atoms with van der Waals surface area (Å²) in [6.07, 6.45) is 5.96. The van der Waals surface area contributed by atoms with Crippen LogP contribution in [0.5, 0.6) is 0 Å². The SMILES string of the molecule is CCC(N)CNC(=O)C1CC2CCC1C2. The second kappa shape index (κ2) is 4.52. The lowest BCUT2D eigenvalue weighted by Crippen LogP contribution is -2.40. The Labute approximate surface area is 91.8 Å². The van der Waals surface area contributed by atoms with Gasteiger partial charge in [0.25, 0.3) is 0 Å². The minimum atomic E-state index is 0.118. The van der Waals surface area contributed by atoms with Crippen LogP contribution < -0.4 is 11.1 Å². The average molecular weight is 210 g/mol. The first-order valence-electron chi connectivity index (χ1n) is 6.24. The van der Waals surface area contributed by atoms with Crippen LogP contribution >= 0.6 is 0 Å². The minimum absolute atomic E-state index is 0.118. The number of nitrogens with two attached hydrogens (primary N) is 1. The first-order chi connectivity index (χ1) is 7.20. The van der Waals surface area contributed by atoms with Gasteiger partial charge in [-0.2, -0.15) is 0 Å². The fourth-order valence-corrected chi connectivity index (χ4v) is 3.07. The third-order valence-electron chi connectivity index (χ3n) is 4.14. The maximum absolute atomic E-state index is 11.9. The van der Waals surface area contributed by atoms with Crippen molar-refractivity contribution in [1.29, 1.82) is 0 Å². The number of hydrogen-bond donors (Lipinski definition) is 2. The predicted octanol–water partition coefficient (Wildman–Crippen LogP) is 1.28. The Kier molecular flexibility index (Phi) is 3.29. The molecule has 0 aliphatic heterocycles. The van der Waals surface area contributed by atoms with Gasteiger partial charge in [-0.15, -0.1) is 0 Å². The van der Waals surface area contributed by atoms with Crippen LogP contribution in [-0.2, 0) is 4.79 Å². The summed E-state index contributed by atoms with van der Waals surface area (Å²) in [6, 6.07) is 0.118. The van der Waals surface area contributed by atoms with Gasteiger partial charge in [0.05, 0.1) is 0 Å². The summed E-state index contributed by atoms with van der Waals surface area (Å²) < 4.78 is 0. The molecule has 0 aromatic rings. The molecule has 0 aromatic carbocycles. The summed E-state index contributed by atoms with van der Waals surface area (Å²) in [6.45, 7) is 2.69. The molecule has 15 heavy (non-hydrogen) atoms. The second-order valence-electron chi connectivity index (χ2n) is 5.19. The van der Waals surface area contributed by atoms with E-state index in [0.717, 1.165) is 18.8 Å². The summed E-state index contributed by atoms with van der Waals surface area (Å²) in [5, 5.41) is 3.00. The van der Waals surface area contributed by atoms with Gasteiger partial charge in [0.1, 0.15) is 0 Å². The highest BCUT2D eigenvalue weighted by Gasteiger charge is 2.42. The molecule has 4 atom stereocenters. The first-order valence-corrected chi connectivity index (χ1v) is 6.24. The van der Waals surface area contributed by atoms with Crippen LogP contribution in [0, 0.1) is 17.8 Å². The van der Waals surface area contributed by atoms with Gasteiger partial charge in [0.2, 0.25) is 5.91 Å². The van der Waals surface area contributed by atoms with E-state index < -0.39 is 0 Å². The van der Waals surface area contributed by atoms with Gasteiger partial charge in [0, 0.05) is 18.5 Å². The zero-order chi connectivity index (χ0) is 10.8. The largest absolute Gasteiger partial charge is 0.354 e. The number of fused-ring (bicyclic) bond motifs is 2. The van der Waals surface area contributed by atoms with Crippen LogP contribution in [0.1, 0.15) is 39.0 Å². The van der Waals surface area contributed by atoms with Crippen molar-refractivity contribution in [2.75, 3.05) is 6.54 Å². The topological polar surface area (TPSA) is 55.1 Å². The number of carbonyl (C=O) groups excluding carboxylic acids is 1. The van der Waals surface area contributed by atoms with E-state index in [1.165, 1.54) is 19.3 Å². The third kappa shape index (κ3) is 2.33. The van der Waals surface area contributed by atoms with Crippen molar-refractivity contribution < 1.29 is 4.79 Å². The van der Waals surface area contributed by atoms with E-state index in [2.05, 4.69) is 5.32 Å². The van der Waals surface area contributed by atoms with Crippen molar-refractivity contribution in [3.05, 3.63) is 0 Å². The molecule has 0 saturated heterocycles. The maximum atomic E-state index is 11.9. The Morgan fingerprint density at radius 2 is 2.27 bits per heavy atom. The van der Waals surface area contributed by atoms with Gasteiger partial charge in [-0.1, -0.05) is 13.3 Å². The van der Waals surface area contributed by atoms with E-state index in [1.54, 1.807) is 0 Å². The number of rotatable bonds is 4. The zero-order valence-electron chi connectivity index (χ0n) is 9.54. The van der Waals surface area contributed by atoms with Crippen molar-refractivity contribution in [3.63, 3.8) is 0 Å². The minimum Gasteiger partial charge on any atom is -0.354 e. The Morgan fingerprint density at radius 3 is 2.80 bits per heavy atom. The lowest BCUT2D eigenvalue weighted by Gasteiger charge is -2.21. The van der Waals surface area contributed by atoms with Crippen molar-refractivity contribution in [1.82, 2.24) is 5.32 Å². The molecular formula is C12H22N2O. The number of hydrogen-bond acceptors (Lipinski definition) is 2. The second-order valence-corrected chi connectivity index (χ2v) is 5.19. The summed E-state index contributed by atoms with van der Waals surface area (Å²) in [5.41, 5.74) is 5.78. The summed E-state index contributed by atoms with van der Waals surface area (Å²) in [7, 11) is 0. The number of carbonyl (C=O) groups is 1. The Hall–Kier alpha value is -0.570. The van der Waals surface area contributed by atoms with Crippen LogP contribution in [0.3, 0.4) is 0 Å². The Bertz CT molecular complexity index is 242. The van der Waals surface area contributed by atoms with Gasteiger partial charge in [0.15, 0.2) is 0 Å². The van der Waals surface area contributed by atoms with E-state index in [9.17, 15) is 4.79 Å². The molecule has 0 radical (unpaired) electrons. The molecule has 3 nitrogen and oxygen atoms in total. The standard InChI is InChI=1S/C12H22N2O/c1-2-10(13)7-14-12(15)11-6-8-3-4-9(11)5-8/h8-11H,2-7,13H2,1H3,(H,14,15). The van der Waals surface area contributed by atoms with Crippen molar-refractivity contribution in [3.8, 4) is 0 Å². The molecule has 2 aliphatic rings. The molecular weight excluding hydrogens is 188 g/mol. The molecule has 2 bridgehead atoms.